The maximum Gasteiger partial charge on any atom is 0.303 e. The number of hydrogen-bond donors (Lipinski definition) is 2. The third-order valence-electron chi connectivity index (χ3n) is 7.11. The van der Waals surface area contributed by atoms with Crippen LogP contribution in [0, 0.1) is 0 Å². The number of fused-ring (bicyclic) bond motifs is 3. The summed E-state index contributed by atoms with van der Waals surface area (Å²) in [5, 5.41) is 19.1. The normalized spacial score (nSPS) is 13.1. The van der Waals surface area contributed by atoms with E-state index in [9.17, 15) is 19.8 Å². The second-order valence-electron chi connectivity index (χ2n) is 9.12. The zero-order chi connectivity index (χ0) is 24.4. The summed E-state index contributed by atoms with van der Waals surface area (Å²) in [6, 6.07) is 32.9. The van der Waals surface area contributed by atoms with Crippen LogP contribution < -0.4 is 0 Å². The highest BCUT2D eigenvalue weighted by molar-refractivity contribution is 5.88. The van der Waals surface area contributed by atoms with Crippen molar-refractivity contribution in [3.8, 4) is 33.4 Å². The quantitative estimate of drug-likeness (QED) is 0.295. The molecule has 0 saturated heterocycles. The highest BCUT2D eigenvalue weighted by Crippen LogP contribution is 2.55. The Labute approximate surface area is 204 Å². The van der Waals surface area contributed by atoms with Crippen LogP contribution in [0.15, 0.2) is 97.1 Å². The Balaban J connectivity index is 1.73. The molecule has 4 nitrogen and oxygen atoms in total. The average molecular weight is 463 g/mol. The third-order valence-corrected chi connectivity index (χ3v) is 7.11. The van der Waals surface area contributed by atoms with E-state index < -0.39 is 17.4 Å². The van der Waals surface area contributed by atoms with E-state index in [1.807, 2.05) is 36.4 Å². The summed E-state index contributed by atoms with van der Waals surface area (Å²) in [6.45, 7) is 0. The van der Waals surface area contributed by atoms with Crippen molar-refractivity contribution in [2.45, 2.75) is 31.1 Å². The molecule has 4 aromatic rings. The fourth-order valence-electron chi connectivity index (χ4n) is 5.44. The SMILES string of the molecule is O=C(O)CCC1(CCC(=O)O)c2ccc(-c3ccccc3)cc2-c2cc(-c3ccccc3)ccc21. The molecule has 35 heavy (non-hydrogen) atoms. The minimum Gasteiger partial charge on any atom is -0.481 e. The lowest BCUT2D eigenvalue weighted by atomic mass is 9.71. The fraction of sp³-hybridized carbons (Fsp3) is 0.161. The molecule has 1 aliphatic carbocycles. The maximum atomic E-state index is 11.6. The summed E-state index contributed by atoms with van der Waals surface area (Å²) in [4.78, 5) is 23.2. The molecule has 0 heterocycles. The van der Waals surface area contributed by atoms with Crippen LogP contribution in [0.4, 0.5) is 0 Å². The van der Waals surface area contributed by atoms with Crippen LogP contribution in [0.25, 0.3) is 33.4 Å². The lowest BCUT2D eigenvalue weighted by molar-refractivity contribution is -0.137. The Kier molecular flexibility index (Phi) is 5.96. The van der Waals surface area contributed by atoms with E-state index in [1.54, 1.807) is 0 Å². The number of carbonyl (C=O) groups is 2. The second kappa shape index (κ2) is 9.22. The smallest absolute Gasteiger partial charge is 0.303 e. The number of aliphatic carboxylic acids is 2. The molecule has 2 N–H and O–H groups in total. The minimum absolute atomic E-state index is 0.0284. The summed E-state index contributed by atoms with van der Waals surface area (Å²) >= 11 is 0. The van der Waals surface area contributed by atoms with Crippen LogP contribution in [0.2, 0.25) is 0 Å². The van der Waals surface area contributed by atoms with Gasteiger partial charge in [-0.2, -0.15) is 0 Å². The molecule has 0 saturated carbocycles. The highest BCUT2D eigenvalue weighted by atomic mass is 16.4. The van der Waals surface area contributed by atoms with E-state index in [0.29, 0.717) is 12.8 Å². The van der Waals surface area contributed by atoms with Crippen molar-refractivity contribution in [1.29, 1.82) is 0 Å². The van der Waals surface area contributed by atoms with Gasteiger partial charge >= 0.3 is 11.9 Å². The number of rotatable bonds is 8. The molecule has 174 valence electrons. The first-order chi connectivity index (χ1) is 17.0. The average Bonchev–Trinajstić information content (AvgIpc) is 3.16. The van der Waals surface area contributed by atoms with Gasteiger partial charge in [-0.1, -0.05) is 84.9 Å². The summed E-state index contributed by atoms with van der Waals surface area (Å²) in [5.74, 6) is -1.76. The molecule has 0 atom stereocenters. The van der Waals surface area contributed by atoms with E-state index in [0.717, 1.165) is 44.5 Å². The van der Waals surface area contributed by atoms with Crippen molar-refractivity contribution in [1.82, 2.24) is 0 Å². The molecule has 0 radical (unpaired) electrons. The molecule has 0 unspecified atom stereocenters. The molecule has 0 aliphatic heterocycles. The summed E-state index contributed by atoms with van der Waals surface area (Å²) in [7, 11) is 0. The zero-order valence-corrected chi connectivity index (χ0v) is 19.3. The molecular formula is C31H26O4. The maximum absolute atomic E-state index is 11.6. The van der Waals surface area contributed by atoms with Crippen molar-refractivity contribution >= 4 is 11.9 Å². The standard InChI is InChI=1S/C31H26O4/c32-29(33)15-17-31(18-16-30(34)35)27-13-11-23(21-7-3-1-4-8-21)19-25(27)26-20-24(12-14-28(26)31)22-9-5-2-6-10-22/h1-14,19-20H,15-18H2,(H,32,33)(H,34,35). The summed E-state index contributed by atoms with van der Waals surface area (Å²) in [5.41, 5.74) is 7.82. The predicted octanol–water partition coefficient (Wildman–Crippen LogP) is 7.02. The third kappa shape index (κ3) is 4.24. The van der Waals surface area contributed by atoms with Crippen LogP contribution in [-0.2, 0) is 15.0 Å². The van der Waals surface area contributed by atoms with Crippen LogP contribution >= 0.6 is 0 Å². The van der Waals surface area contributed by atoms with Gasteiger partial charge < -0.3 is 10.2 Å². The Morgan fingerprint density at radius 3 is 1.31 bits per heavy atom. The van der Waals surface area contributed by atoms with Crippen molar-refractivity contribution in [3.63, 3.8) is 0 Å². The number of hydrogen-bond acceptors (Lipinski definition) is 2. The Morgan fingerprint density at radius 2 is 0.943 bits per heavy atom. The van der Waals surface area contributed by atoms with E-state index in [1.165, 1.54) is 0 Å². The molecule has 5 rings (SSSR count). The first-order valence-electron chi connectivity index (χ1n) is 11.8. The Bertz CT molecular complexity index is 1280. The number of benzene rings is 4. The van der Waals surface area contributed by atoms with E-state index in [-0.39, 0.29) is 12.8 Å². The first kappa shape index (κ1) is 22.6. The first-order valence-corrected chi connectivity index (χ1v) is 11.8. The van der Waals surface area contributed by atoms with Gasteiger partial charge in [0.25, 0.3) is 0 Å². The fourth-order valence-corrected chi connectivity index (χ4v) is 5.44. The van der Waals surface area contributed by atoms with E-state index >= 15 is 0 Å². The van der Waals surface area contributed by atoms with Gasteiger partial charge in [0.2, 0.25) is 0 Å². The largest absolute Gasteiger partial charge is 0.481 e. The van der Waals surface area contributed by atoms with Crippen molar-refractivity contribution in [2.75, 3.05) is 0 Å². The second-order valence-corrected chi connectivity index (χ2v) is 9.12. The zero-order valence-electron chi connectivity index (χ0n) is 19.3. The van der Waals surface area contributed by atoms with Gasteiger partial charge in [-0.05, 0) is 69.5 Å². The van der Waals surface area contributed by atoms with Gasteiger partial charge in [-0.3, -0.25) is 9.59 Å². The van der Waals surface area contributed by atoms with Crippen molar-refractivity contribution < 1.29 is 19.8 Å². The van der Waals surface area contributed by atoms with Crippen LogP contribution in [0.1, 0.15) is 36.8 Å². The van der Waals surface area contributed by atoms with Crippen LogP contribution in [0.5, 0.6) is 0 Å². The molecule has 4 heteroatoms. The van der Waals surface area contributed by atoms with Gasteiger partial charge in [0, 0.05) is 18.3 Å². The molecule has 0 aromatic heterocycles. The molecule has 4 aromatic carbocycles. The Hall–Kier alpha value is -4.18. The van der Waals surface area contributed by atoms with Crippen molar-refractivity contribution in [3.05, 3.63) is 108 Å². The van der Waals surface area contributed by atoms with Crippen LogP contribution in [0.3, 0.4) is 0 Å². The monoisotopic (exact) mass is 462 g/mol. The Morgan fingerprint density at radius 1 is 0.543 bits per heavy atom. The minimum atomic E-state index is -0.878. The van der Waals surface area contributed by atoms with Gasteiger partial charge in [-0.15, -0.1) is 0 Å². The molecular weight excluding hydrogens is 436 g/mol. The lowest BCUT2D eigenvalue weighted by Crippen LogP contribution is -2.27. The van der Waals surface area contributed by atoms with E-state index in [4.69, 9.17) is 0 Å². The number of carboxylic acids is 2. The molecule has 0 spiro atoms. The predicted molar refractivity (Wildman–Crippen MR) is 137 cm³/mol. The summed E-state index contributed by atoms with van der Waals surface area (Å²) in [6.07, 6.45) is 0.648. The van der Waals surface area contributed by atoms with Gasteiger partial charge in [-0.25, -0.2) is 0 Å². The molecule has 0 amide bonds. The number of carboxylic acid groups (broad SMARTS) is 2. The molecule has 0 fully saturated rings. The summed E-state index contributed by atoms with van der Waals surface area (Å²) < 4.78 is 0. The molecule has 1 aliphatic rings. The van der Waals surface area contributed by atoms with E-state index in [2.05, 4.69) is 60.7 Å². The van der Waals surface area contributed by atoms with Gasteiger partial charge in [0.15, 0.2) is 0 Å². The molecule has 0 bridgehead atoms. The lowest BCUT2D eigenvalue weighted by Gasteiger charge is -2.31. The van der Waals surface area contributed by atoms with Gasteiger partial charge in [0.05, 0.1) is 0 Å². The highest BCUT2D eigenvalue weighted by Gasteiger charge is 2.43. The topological polar surface area (TPSA) is 74.6 Å². The van der Waals surface area contributed by atoms with Crippen molar-refractivity contribution in [2.24, 2.45) is 0 Å². The van der Waals surface area contributed by atoms with Crippen LogP contribution in [-0.4, -0.2) is 22.2 Å². The van der Waals surface area contributed by atoms with Gasteiger partial charge in [0.1, 0.15) is 0 Å².